The molecule has 0 amide bonds. The van der Waals surface area contributed by atoms with Crippen LogP contribution in [-0.2, 0) is 0 Å². The van der Waals surface area contributed by atoms with Crippen LogP contribution in [0.25, 0.3) is 6.08 Å². The van der Waals surface area contributed by atoms with Gasteiger partial charge in [-0.2, -0.15) is 0 Å². The largest absolute Gasteiger partial charge is 0.364 e. The molecule has 0 bridgehead atoms. The molecule has 1 heterocycles. The van der Waals surface area contributed by atoms with Gasteiger partial charge in [0.2, 0.25) is 0 Å². The molecule has 3 rings (SSSR count). The molecule has 0 N–H and O–H groups in total. The minimum absolute atomic E-state index is 0.807. The van der Waals surface area contributed by atoms with Gasteiger partial charge < -0.3 is 4.90 Å². The highest BCUT2D eigenvalue weighted by molar-refractivity contribution is 5.71. The Bertz CT molecular complexity index is 363. The lowest BCUT2D eigenvalue weighted by molar-refractivity contribution is 0.393. The first-order valence-electron chi connectivity index (χ1n) is 5.47. The first-order valence-corrected chi connectivity index (χ1v) is 5.47. The standard InChI is InChI=1S/C13H15N/c1-2-9-13-11(5-1)6-4-10-14(13)12-7-3-8-12/h1-2,4-6,9,12H,3,7-8,10H2. The van der Waals surface area contributed by atoms with Gasteiger partial charge in [0.1, 0.15) is 0 Å². The minimum Gasteiger partial charge on any atom is -0.364 e. The Kier molecular flexibility index (Phi) is 1.83. The molecular weight excluding hydrogens is 170 g/mol. The lowest BCUT2D eigenvalue weighted by atomic mass is 9.90. The summed E-state index contributed by atoms with van der Waals surface area (Å²) in [5.41, 5.74) is 2.81. The molecule has 1 nitrogen and oxygen atoms in total. The Morgan fingerprint density at radius 2 is 2.00 bits per heavy atom. The van der Waals surface area contributed by atoms with E-state index in [2.05, 4.69) is 41.3 Å². The van der Waals surface area contributed by atoms with Gasteiger partial charge in [-0.15, -0.1) is 0 Å². The SMILES string of the molecule is C1=Cc2ccccc2N(C2CCC2)C1. The molecule has 1 heteroatoms. The first-order chi connectivity index (χ1) is 6.95. The fourth-order valence-corrected chi connectivity index (χ4v) is 2.33. The van der Waals surface area contributed by atoms with E-state index in [1.807, 2.05) is 0 Å². The van der Waals surface area contributed by atoms with E-state index < -0.39 is 0 Å². The Balaban J connectivity index is 1.98. The molecule has 72 valence electrons. The van der Waals surface area contributed by atoms with Crippen molar-refractivity contribution in [2.45, 2.75) is 25.3 Å². The molecule has 0 saturated heterocycles. The van der Waals surface area contributed by atoms with Crippen LogP contribution in [0.15, 0.2) is 30.3 Å². The summed E-state index contributed by atoms with van der Waals surface area (Å²) in [6.07, 6.45) is 8.68. The molecule has 2 aliphatic rings. The highest BCUT2D eigenvalue weighted by Gasteiger charge is 2.26. The highest BCUT2D eigenvalue weighted by Crippen LogP contribution is 2.33. The molecule has 0 unspecified atom stereocenters. The fraction of sp³-hybridized carbons (Fsp3) is 0.385. The summed E-state index contributed by atoms with van der Waals surface area (Å²) in [6, 6.07) is 9.52. The molecule has 0 radical (unpaired) electrons. The van der Waals surface area contributed by atoms with E-state index in [1.54, 1.807) is 0 Å². The van der Waals surface area contributed by atoms with E-state index in [4.69, 9.17) is 0 Å². The van der Waals surface area contributed by atoms with Crippen molar-refractivity contribution in [1.82, 2.24) is 0 Å². The Morgan fingerprint density at radius 3 is 2.79 bits per heavy atom. The average Bonchev–Trinajstić information content (AvgIpc) is 2.16. The van der Waals surface area contributed by atoms with Crippen molar-refractivity contribution < 1.29 is 0 Å². The van der Waals surface area contributed by atoms with Crippen LogP contribution in [0.4, 0.5) is 5.69 Å². The number of nitrogens with zero attached hydrogens (tertiary/aromatic N) is 1. The molecule has 1 aliphatic carbocycles. The van der Waals surface area contributed by atoms with Crippen molar-refractivity contribution in [2.24, 2.45) is 0 Å². The summed E-state index contributed by atoms with van der Waals surface area (Å²) in [5, 5.41) is 0. The van der Waals surface area contributed by atoms with Crippen LogP contribution in [0, 0.1) is 0 Å². The molecule has 1 saturated carbocycles. The van der Waals surface area contributed by atoms with Gasteiger partial charge in [0.05, 0.1) is 0 Å². The predicted molar refractivity (Wildman–Crippen MR) is 60.5 cm³/mol. The molecule has 1 aromatic carbocycles. The van der Waals surface area contributed by atoms with Gasteiger partial charge in [-0.1, -0.05) is 30.4 Å². The maximum atomic E-state index is 2.55. The number of anilines is 1. The van der Waals surface area contributed by atoms with Crippen LogP contribution in [0.1, 0.15) is 24.8 Å². The van der Waals surface area contributed by atoms with E-state index in [-0.39, 0.29) is 0 Å². The molecule has 1 fully saturated rings. The maximum Gasteiger partial charge on any atom is 0.0445 e. The van der Waals surface area contributed by atoms with E-state index in [9.17, 15) is 0 Å². The molecule has 0 atom stereocenters. The maximum absolute atomic E-state index is 2.55. The van der Waals surface area contributed by atoms with E-state index in [0.717, 1.165) is 12.6 Å². The van der Waals surface area contributed by atoms with Gasteiger partial charge in [-0.3, -0.25) is 0 Å². The molecular formula is C13H15N. The Morgan fingerprint density at radius 1 is 1.14 bits per heavy atom. The van der Waals surface area contributed by atoms with Gasteiger partial charge in [0.25, 0.3) is 0 Å². The highest BCUT2D eigenvalue weighted by atomic mass is 15.2. The first kappa shape index (κ1) is 8.10. The van der Waals surface area contributed by atoms with Crippen LogP contribution in [0.3, 0.4) is 0 Å². The van der Waals surface area contributed by atoms with Crippen molar-refractivity contribution in [3.8, 4) is 0 Å². The number of hydrogen-bond donors (Lipinski definition) is 0. The van der Waals surface area contributed by atoms with Gasteiger partial charge in [-0.25, -0.2) is 0 Å². The lowest BCUT2D eigenvalue weighted by Gasteiger charge is -2.40. The van der Waals surface area contributed by atoms with Crippen LogP contribution >= 0.6 is 0 Å². The zero-order valence-electron chi connectivity index (χ0n) is 8.32. The number of hydrogen-bond acceptors (Lipinski definition) is 1. The summed E-state index contributed by atoms with van der Waals surface area (Å²) in [6.45, 7) is 1.10. The number of rotatable bonds is 1. The van der Waals surface area contributed by atoms with Gasteiger partial charge in [0, 0.05) is 18.3 Å². The van der Waals surface area contributed by atoms with E-state index in [0.29, 0.717) is 0 Å². The smallest absolute Gasteiger partial charge is 0.0445 e. The third-order valence-electron chi connectivity index (χ3n) is 3.36. The number of para-hydroxylation sites is 1. The van der Waals surface area contributed by atoms with Crippen molar-refractivity contribution in [3.05, 3.63) is 35.9 Å². The second-order valence-electron chi connectivity index (χ2n) is 4.20. The molecule has 0 aromatic heterocycles. The Hall–Kier alpha value is -1.24. The van der Waals surface area contributed by atoms with Gasteiger partial charge >= 0.3 is 0 Å². The summed E-state index contributed by atoms with van der Waals surface area (Å²) < 4.78 is 0. The number of fused-ring (bicyclic) bond motifs is 1. The average molecular weight is 185 g/mol. The minimum atomic E-state index is 0.807. The second kappa shape index (κ2) is 3.16. The second-order valence-corrected chi connectivity index (χ2v) is 4.20. The molecule has 1 aromatic rings. The third-order valence-corrected chi connectivity index (χ3v) is 3.36. The topological polar surface area (TPSA) is 3.24 Å². The zero-order chi connectivity index (χ0) is 9.38. The van der Waals surface area contributed by atoms with Crippen molar-refractivity contribution in [3.63, 3.8) is 0 Å². The molecule has 0 spiro atoms. The van der Waals surface area contributed by atoms with Crippen LogP contribution in [0.2, 0.25) is 0 Å². The van der Waals surface area contributed by atoms with E-state index >= 15 is 0 Å². The van der Waals surface area contributed by atoms with Crippen molar-refractivity contribution in [2.75, 3.05) is 11.4 Å². The lowest BCUT2D eigenvalue weighted by Crippen LogP contribution is -2.41. The summed E-state index contributed by atoms with van der Waals surface area (Å²) in [5.74, 6) is 0. The number of benzene rings is 1. The summed E-state index contributed by atoms with van der Waals surface area (Å²) in [4.78, 5) is 2.55. The third kappa shape index (κ3) is 1.16. The predicted octanol–water partition coefficient (Wildman–Crippen LogP) is 3.07. The van der Waals surface area contributed by atoms with Crippen LogP contribution in [0.5, 0.6) is 0 Å². The normalized spacial score (nSPS) is 20.4. The zero-order valence-corrected chi connectivity index (χ0v) is 8.32. The van der Waals surface area contributed by atoms with Crippen molar-refractivity contribution >= 4 is 11.8 Å². The fourth-order valence-electron chi connectivity index (χ4n) is 2.33. The Labute approximate surface area is 85.0 Å². The summed E-state index contributed by atoms with van der Waals surface area (Å²) >= 11 is 0. The van der Waals surface area contributed by atoms with Crippen LogP contribution in [-0.4, -0.2) is 12.6 Å². The monoisotopic (exact) mass is 185 g/mol. The van der Waals surface area contributed by atoms with Gasteiger partial charge in [-0.05, 0) is 30.9 Å². The quantitative estimate of drug-likeness (QED) is 0.650. The summed E-state index contributed by atoms with van der Waals surface area (Å²) in [7, 11) is 0. The van der Waals surface area contributed by atoms with Crippen LogP contribution < -0.4 is 4.90 Å². The molecule has 14 heavy (non-hydrogen) atoms. The van der Waals surface area contributed by atoms with E-state index in [1.165, 1.54) is 30.5 Å². The molecule has 1 aliphatic heterocycles. The van der Waals surface area contributed by atoms with Crippen molar-refractivity contribution in [1.29, 1.82) is 0 Å². The van der Waals surface area contributed by atoms with Gasteiger partial charge in [0.15, 0.2) is 0 Å².